The minimum absolute atomic E-state index is 0.747. The third-order valence-corrected chi connectivity index (χ3v) is 19.7. The van der Waals surface area contributed by atoms with Gasteiger partial charge in [0.25, 0.3) is 0 Å². The summed E-state index contributed by atoms with van der Waals surface area (Å²) in [6.45, 7) is 0. The number of hydrogen-bond acceptors (Lipinski definition) is 2. The van der Waals surface area contributed by atoms with Gasteiger partial charge >= 0.3 is 0 Å². The maximum Gasteiger partial charge on any atom is 0.0729 e. The van der Waals surface area contributed by atoms with Gasteiger partial charge in [-0.15, -0.1) is 0 Å². The summed E-state index contributed by atoms with van der Waals surface area (Å²) >= 11 is 0. The second-order valence-electron chi connectivity index (χ2n) is 24.1. The molecule has 0 aromatic heterocycles. The number of fused-ring (bicyclic) bond motifs is 18. The Morgan fingerprint density at radius 3 is 0.656 bits per heavy atom. The molecule has 0 saturated carbocycles. The fraction of sp³-hybridized carbons (Fsp3) is 0.0227. The van der Waals surface area contributed by atoms with Gasteiger partial charge in [-0.3, -0.25) is 0 Å². The highest BCUT2D eigenvalue weighted by Gasteiger charge is 2.63. The van der Waals surface area contributed by atoms with E-state index in [1.165, 1.54) is 77.9 Å². The molecular weight excluding hydrogens is 1080 g/mol. The molecule has 0 saturated heterocycles. The normalized spacial score (nSPS) is 13.7. The standard InChI is InChI=1S/C88H58N2/c1-5-29-59(30-6-1)65-37-17-25-49-81(65)89(82-50-26-18-38-66(82)60-31-7-2-8-32-60)63-53-55-73-79(57-63)87(75-45-21-13-41-69(75)70-42-14-22-46-76(70)87)86-74-56-54-64(58-80(74)88(85(73)86)77-47-23-15-43-71(77)72-44-16-24-48-78(72)88)90(83-51-27-19-39-67(83)61-33-9-3-10-34-61)84-52-28-20-40-68(84)62-35-11-4-12-36-62/h1-58H. The van der Waals surface area contributed by atoms with Gasteiger partial charge in [-0.1, -0.05) is 303 Å². The molecule has 0 aliphatic heterocycles. The van der Waals surface area contributed by atoms with Crippen molar-refractivity contribution < 1.29 is 0 Å². The van der Waals surface area contributed by atoms with E-state index in [0.717, 1.165) is 78.6 Å². The van der Waals surface area contributed by atoms with E-state index in [2.05, 4.69) is 362 Å². The van der Waals surface area contributed by atoms with Crippen LogP contribution in [-0.4, -0.2) is 0 Å². The molecule has 0 bridgehead atoms. The Morgan fingerprint density at radius 2 is 0.389 bits per heavy atom. The molecule has 0 amide bonds. The number of anilines is 6. The van der Waals surface area contributed by atoms with Gasteiger partial charge in [-0.2, -0.15) is 0 Å². The maximum atomic E-state index is 2.59. The van der Waals surface area contributed by atoms with Crippen molar-refractivity contribution in [2.45, 2.75) is 10.8 Å². The lowest BCUT2D eigenvalue weighted by molar-refractivity contribution is 0.826. The summed E-state index contributed by atoms with van der Waals surface area (Å²) in [4.78, 5) is 5.08. The van der Waals surface area contributed by atoms with E-state index in [1.807, 2.05) is 0 Å². The quantitative estimate of drug-likeness (QED) is 0.135. The molecule has 0 N–H and O–H groups in total. The van der Waals surface area contributed by atoms with Crippen LogP contribution in [0.15, 0.2) is 352 Å². The SMILES string of the molecule is c1ccc(-c2ccccc2N(c2ccc3c(c2)C2(C4=C3C3(c5cc(N(c6ccccc6-c6ccccc6)c6ccccc6-c6ccccc6)ccc54)c4ccccc4-c4ccccc43)c3ccccc3-c3ccccc32)c2ccccc2-c2ccccc2)cc1. The first-order valence-electron chi connectivity index (χ1n) is 31.3. The minimum Gasteiger partial charge on any atom is -0.309 e. The average molecular weight is 1140 g/mol. The van der Waals surface area contributed by atoms with E-state index in [4.69, 9.17) is 0 Å². The Hall–Kier alpha value is -11.6. The van der Waals surface area contributed by atoms with Crippen LogP contribution in [0.1, 0.15) is 44.5 Å². The second-order valence-corrected chi connectivity index (χ2v) is 24.1. The van der Waals surface area contributed by atoms with Gasteiger partial charge in [0.1, 0.15) is 0 Å². The molecule has 2 heteroatoms. The first-order chi connectivity index (χ1) is 44.7. The Balaban J connectivity index is 0.956. The van der Waals surface area contributed by atoms with Crippen molar-refractivity contribution in [1.29, 1.82) is 0 Å². The fourth-order valence-electron chi connectivity index (χ4n) is 16.2. The molecule has 4 aliphatic rings. The highest BCUT2D eigenvalue weighted by Crippen LogP contribution is 2.75. The van der Waals surface area contributed by atoms with Gasteiger partial charge in [0.15, 0.2) is 0 Å². The van der Waals surface area contributed by atoms with E-state index < -0.39 is 10.8 Å². The number of allylic oxidation sites excluding steroid dienone is 2. The summed E-state index contributed by atoms with van der Waals surface area (Å²) in [6, 6.07) is 132. The fourth-order valence-corrected chi connectivity index (χ4v) is 16.2. The van der Waals surface area contributed by atoms with E-state index in [1.54, 1.807) is 0 Å². The van der Waals surface area contributed by atoms with Crippen LogP contribution in [0.4, 0.5) is 34.1 Å². The second kappa shape index (κ2) is 20.5. The first kappa shape index (κ1) is 51.6. The molecular formula is C88H58N2. The maximum absolute atomic E-state index is 2.59. The smallest absolute Gasteiger partial charge is 0.0729 e. The first-order valence-corrected chi connectivity index (χ1v) is 31.3. The zero-order valence-corrected chi connectivity index (χ0v) is 49.4. The number of hydrogen-bond donors (Lipinski definition) is 0. The zero-order valence-electron chi connectivity index (χ0n) is 49.4. The van der Waals surface area contributed by atoms with Crippen LogP contribution in [-0.2, 0) is 10.8 Å². The van der Waals surface area contributed by atoms with Gasteiger partial charge in [-0.05, 0) is 149 Å². The molecule has 90 heavy (non-hydrogen) atoms. The summed E-state index contributed by atoms with van der Waals surface area (Å²) in [6.07, 6.45) is 0. The summed E-state index contributed by atoms with van der Waals surface area (Å²) < 4.78 is 0. The lowest BCUT2D eigenvalue weighted by Gasteiger charge is -2.37. The molecule has 0 fully saturated rings. The Bertz CT molecular complexity index is 4610. The van der Waals surface area contributed by atoms with Crippen molar-refractivity contribution in [3.8, 4) is 66.8 Å². The predicted octanol–water partition coefficient (Wildman–Crippen LogP) is 22.9. The van der Waals surface area contributed by atoms with Gasteiger partial charge in [0.05, 0.1) is 33.6 Å². The summed E-state index contributed by atoms with van der Waals surface area (Å²) in [5, 5.41) is 0. The van der Waals surface area contributed by atoms with E-state index >= 15 is 0 Å². The van der Waals surface area contributed by atoms with Crippen molar-refractivity contribution in [2.75, 3.05) is 9.80 Å². The summed E-state index contributed by atoms with van der Waals surface area (Å²) in [5.74, 6) is 0. The Labute approximate surface area is 525 Å². The van der Waals surface area contributed by atoms with Gasteiger partial charge in [-0.25, -0.2) is 0 Å². The minimum atomic E-state index is -0.747. The molecule has 18 rings (SSSR count). The van der Waals surface area contributed by atoms with Crippen molar-refractivity contribution in [2.24, 2.45) is 0 Å². The van der Waals surface area contributed by atoms with Crippen molar-refractivity contribution in [1.82, 2.24) is 0 Å². The van der Waals surface area contributed by atoms with Crippen LogP contribution in [0.5, 0.6) is 0 Å². The summed E-state index contributed by atoms with van der Waals surface area (Å²) in [5.41, 5.74) is 32.4. The number of nitrogens with zero attached hydrogens (tertiary/aromatic N) is 2. The molecule has 420 valence electrons. The molecule has 4 aliphatic carbocycles. The number of rotatable bonds is 10. The summed E-state index contributed by atoms with van der Waals surface area (Å²) in [7, 11) is 0. The highest BCUT2D eigenvalue weighted by molar-refractivity contribution is 6.20. The molecule has 0 atom stereocenters. The van der Waals surface area contributed by atoms with Gasteiger partial charge in [0.2, 0.25) is 0 Å². The van der Waals surface area contributed by atoms with Crippen LogP contribution in [0.3, 0.4) is 0 Å². The third kappa shape index (κ3) is 7.40. The van der Waals surface area contributed by atoms with Crippen molar-refractivity contribution in [3.63, 3.8) is 0 Å². The van der Waals surface area contributed by atoms with Crippen molar-refractivity contribution in [3.05, 3.63) is 396 Å². The van der Waals surface area contributed by atoms with E-state index in [0.29, 0.717) is 0 Å². The van der Waals surface area contributed by atoms with Crippen LogP contribution in [0.25, 0.3) is 77.9 Å². The van der Waals surface area contributed by atoms with E-state index in [9.17, 15) is 0 Å². The van der Waals surface area contributed by atoms with E-state index in [-0.39, 0.29) is 0 Å². The Morgan fingerprint density at radius 1 is 0.167 bits per heavy atom. The van der Waals surface area contributed by atoms with Crippen LogP contribution < -0.4 is 9.80 Å². The molecule has 2 spiro atoms. The predicted molar refractivity (Wildman–Crippen MR) is 374 cm³/mol. The number of para-hydroxylation sites is 4. The zero-order chi connectivity index (χ0) is 59.3. The monoisotopic (exact) mass is 1140 g/mol. The average Bonchev–Trinajstić information content (AvgIpc) is 1.47. The van der Waals surface area contributed by atoms with Crippen LogP contribution >= 0.6 is 0 Å². The van der Waals surface area contributed by atoms with Crippen LogP contribution in [0, 0.1) is 0 Å². The van der Waals surface area contributed by atoms with Gasteiger partial charge < -0.3 is 9.80 Å². The molecule has 14 aromatic rings. The highest BCUT2D eigenvalue weighted by atomic mass is 15.2. The third-order valence-electron chi connectivity index (χ3n) is 19.7. The molecule has 2 nitrogen and oxygen atoms in total. The topological polar surface area (TPSA) is 6.48 Å². The molecule has 0 unspecified atom stereocenters. The Kier molecular flexibility index (Phi) is 11.8. The van der Waals surface area contributed by atoms with Crippen LogP contribution in [0.2, 0.25) is 0 Å². The van der Waals surface area contributed by atoms with Gasteiger partial charge in [0, 0.05) is 33.6 Å². The van der Waals surface area contributed by atoms with Crippen molar-refractivity contribution >= 4 is 45.3 Å². The number of benzene rings is 14. The molecule has 0 heterocycles. The largest absolute Gasteiger partial charge is 0.309 e. The lowest BCUT2D eigenvalue weighted by Crippen LogP contribution is -2.29. The lowest BCUT2D eigenvalue weighted by atomic mass is 9.66. The molecule has 14 aromatic carbocycles. The molecule has 0 radical (unpaired) electrons.